The summed E-state index contributed by atoms with van der Waals surface area (Å²) in [7, 11) is 0. The lowest BCUT2D eigenvalue weighted by Crippen LogP contribution is -1.95. The molecule has 0 amide bonds. The molecule has 2 rings (SSSR count). The van der Waals surface area contributed by atoms with Crippen molar-refractivity contribution >= 4 is 36.6 Å². The van der Waals surface area contributed by atoms with Gasteiger partial charge in [-0.3, -0.25) is 0 Å². The Morgan fingerprint density at radius 3 is 1.61 bits per heavy atom. The number of hydrogen-bond donors (Lipinski definition) is 2. The van der Waals surface area contributed by atoms with Crippen LogP contribution in [0.5, 0.6) is 0 Å². The largest absolute Gasteiger partial charge is 0.331 e. The zero-order chi connectivity index (χ0) is 13.1. The maximum atomic E-state index is 5.05. The summed E-state index contributed by atoms with van der Waals surface area (Å²) in [5.41, 5.74) is 2.87. The lowest BCUT2D eigenvalue weighted by Gasteiger charge is -2.03. The van der Waals surface area contributed by atoms with E-state index in [2.05, 4.69) is 33.1 Å². The molecule has 0 saturated heterocycles. The molecule has 6 heteroatoms. The van der Waals surface area contributed by atoms with Gasteiger partial charge < -0.3 is 9.97 Å². The Kier molecular flexibility index (Phi) is 3.59. The molecule has 0 aliphatic heterocycles. The predicted molar refractivity (Wildman–Crippen MR) is 78.0 cm³/mol. The molecule has 90 valence electrons. The van der Waals surface area contributed by atoms with Crippen LogP contribution in [0.25, 0.3) is 23.5 Å². The van der Waals surface area contributed by atoms with E-state index in [9.17, 15) is 0 Å². The summed E-state index contributed by atoms with van der Waals surface area (Å²) >= 11 is 10.1. The molecular formula is C12H10N4S2. The molecule has 0 aromatic carbocycles. The second-order valence-electron chi connectivity index (χ2n) is 3.46. The molecule has 2 heterocycles. The van der Waals surface area contributed by atoms with E-state index in [1.165, 1.54) is 0 Å². The van der Waals surface area contributed by atoms with Crippen LogP contribution in [0.3, 0.4) is 0 Å². The molecule has 0 aliphatic rings. The fraction of sp³-hybridized carbons (Fsp3) is 0. The average molecular weight is 274 g/mol. The zero-order valence-corrected chi connectivity index (χ0v) is 11.1. The Labute approximate surface area is 114 Å². The molecule has 0 aliphatic carbocycles. The minimum Gasteiger partial charge on any atom is -0.331 e. The number of aromatic nitrogens is 4. The molecule has 2 aromatic rings. The second kappa shape index (κ2) is 5.16. The van der Waals surface area contributed by atoms with Crippen molar-refractivity contribution in [2.45, 2.75) is 0 Å². The molecule has 0 spiro atoms. The van der Waals surface area contributed by atoms with Gasteiger partial charge in [0.15, 0.2) is 9.54 Å². The molecule has 18 heavy (non-hydrogen) atoms. The number of nitrogens with one attached hydrogen (secondary N) is 2. The Balaban J connectivity index is 2.68. The topological polar surface area (TPSA) is 57.4 Å². The first-order valence-electron chi connectivity index (χ1n) is 5.10. The predicted octanol–water partition coefficient (Wildman–Crippen LogP) is 3.54. The van der Waals surface area contributed by atoms with Crippen molar-refractivity contribution in [2.75, 3.05) is 0 Å². The normalized spacial score (nSPS) is 10.0. The lowest BCUT2D eigenvalue weighted by atomic mass is 10.2. The smallest absolute Gasteiger partial charge is 0.197 e. The van der Waals surface area contributed by atoms with Crippen LogP contribution in [0.4, 0.5) is 0 Å². The van der Waals surface area contributed by atoms with Gasteiger partial charge in [0, 0.05) is 11.4 Å². The maximum absolute atomic E-state index is 5.05. The van der Waals surface area contributed by atoms with Crippen molar-refractivity contribution < 1.29 is 0 Å². The minimum absolute atomic E-state index is 0.378. The quantitative estimate of drug-likeness (QED) is 0.840. The Bertz CT molecular complexity index is 664. The first kappa shape index (κ1) is 12.5. The standard InChI is InChI=1S/C12H10N4S2/c1-3-7-5-9(15-11(17)13-7)10-6-8(4-2)14-12(18)16-10/h3-6H,1-2H2,(H,13,15,17)(H,14,16,18). The van der Waals surface area contributed by atoms with Gasteiger partial charge in [-0.25, -0.2) is 9.97 Å². The molecule has 2 N–H and O–H groups in total. The van der Waals surface area contributed by atoms with E-state index in [1.807, 2.05) is 12.1 Å². The number of nitrogens with zero attached hydrogens (tertiary/aromatic N) is 2. The van der Waals surface area contributed by atoms with Crippen LogP contribution >= 0.6 is 24.4 Å². The highest BCUT2D eigenvalue weighted by Gasteiger charge is 2.04. The fourth-order valence-corrected chi connectivity index (χ4v) is 1.87. The van der Waals surface area contributed by atoms with Crippen LogP contribution in [-0.2, 0) is 0 Å². The van der Waals surface area contributed by atoms with Crippen LogP contribution in [0.1, 0.15) is 11.4 Å². The number of H-pyrrole nitrogens is 2. The summed E-state index contributed by atoms with van der Waals surface area (Å²) in [5, 5.41) is 0. The molecule has 0 unspecified atom stereocenters. The van der Waals surface area contributed by atoms with E-state index in [0.717, 1.165) is 11.4 Å². The first-order valence-corrected chi connectivity index (χ1v) is 5.92. The minimum atomic E-state index is 0.378. The van der Waals surface area contributed by atoms with E-state index in [4.69, 9.17) is 24.4 Å². The van der Waals surface area contributed by atoms with Crippen LogP contribution < -0.4 is 0 Å². The number of hydrogen-bond acceptors (Lipinski definition) is 4. The lowest BCUT2D eigenvalue weighted by molar-refractivity contribution is 1.08. The van der Waals surface area contributed by atoms with Crippen LogP contribution in [0.15, 0.2) is 25.3 Å². The Morgan fingerprint density at radius 2 is 1.28 bits per heavy atom. The Morgan fingerprint density at radius 1 is 0.889 bits per heavy atom. The van der Waals surface area contributed by atoms with E-state index in [-0.39, 0.29) is 0 Å². The van der Waals surface area contributed by atoms with Gasteiger partial charge in [0.25, 0.3) is 0 Å². The molecule has 0 radical (unpaired) electrons. The monoisotopic (exact) mass is 274 g/mol. The Hall–Kier alpha value is -1.92. The maximum Gasteiger partial charge on any atom is 0.197 e. The first-order chi connectivity index (χ1) is 8.62. The molecule has 0 saturated carbocycles. The summed E-state index contributed by atoms with van der Waals surface area (Å²) in [5.74, 6) is 0. The third kappa shape index (κ3) is 2.66. The summed E-state index contributed by atoms with van der Waals surface area (Å²) in [6.07, 6.45) is 3.33. The molecular weight excluding hydrogens is 264 g/mol. The van der Waals surface area contributed by atoms with Gasteiger partial charge in [-0.15, -0.1) is 0 Å². The van der Waals surface area contributed by atoms with Gasteiger partial charge in [-0.2, -0.15) is 0 Å². The SMILES string of the molecule is C=Cc1cc(-c2cc(C=C)[nH]c(=S)n2)nc(=S)[nH]1. The van der Waals surface area contributed by atoms with Gasteiger partial charge in [-0.1, -0.05) is 13.2 Å². The van der Waals surface area contributed by atoms with E-state index >= 15 is 0 Å². The van der Waals surface area contributed by atoms with Crippen LogP contribution in [-0.4, -0.2) is 19.9 Å². The highest BCUT2D eigenvalue weighted by Crippen LogP contribution is 2.16. The van der Waals surface area contributed by atoms with Gasteiger partial charge in [0.1, 0.15) is 0 Å². The summed E-state index contributed by atoms with van der Waals surface area (Å²) in [4.78, 5) is 14.3. The van der Waals surface area contributed by atoms with Gasteiger partial charge in [-0.05, 0) is 48.7 Å². The van der Waals surface area contributed by atoms with E-state index in [0.29, 0.717) is 20.9 Å². The van der Waals surface area contributed by atoms with Crippen molar-refractivity contribution in [3.63, 3.8) is 0 Å². The van der Waals surface area contributed by atoms with Gasteiger partial charge in [0.2, 0.25) is 0 Å². The van der Waals surface area contributed by atoms with Crippen molar-refractivity contribution in [1.82, 2.24) is 19.9 Å². The molecule has 4 nitrogen and oxygen atoms in total. The summed E-state index contributed by atoms with van der Waals surface area (Å²) in [6.45, 7) is 7.38. The van der Waals surface area contributed by atoms with Crippen molar-refractivity contribution in [3.05, 3.63) is 46.2 Å². The molecule has 0 fully saturated rings. The highest BCUT2D eigenvalue weighted by atomic mass is 32.1. The average Bonchev–Trinajstić information content (AvgIpc) is 2.37. The van der Waals surface area contributed by atoms with Gasteiger partial charge >= 0.3 is 0 Å². The zero-order valence-electron chi connectivity index (χ0n) is 9.43. The number of aromatic amines is 2. The van der Waals surface area contributed by atoms with Crippen LogP contribution in [0, 0.1) is 9.54 Å². The van der Waals surface area contributed by atoms with Crippen molar-refractivity contribution in [2.24, 2.45) is 0 Å². The van der Waals surface area contributed by atoms with E-state index in [1.54, 1.807) is 12.2 Å². The van der Waals surface area contributed by atoms with Crippen molar-refractivity contribution in [1.29, 1.82) is 0 Å². The third-order valence-electron chi connectivity index (χ3n) is 2.23. The van der Waals surface area contributed by atoms with E-state index < -0.39 is 0 Å². The molecule has 0 bridgehead atoms. The summed E-state index contributed by atoms with van der Waals surface area (Å²) < 4.78 is 0.756. The molecule has 0 atom stereocenters. The second-order valence-corrected chi connectivity index (χ2v) is 4.24. The highest BCUT2D eigenvalue weighted by molar-refractivity contribution is 7.71. The third-order valence-corrected chi connectivity index (χ3v) is 2.62. The van der Waals surface area contributed by atoms with Gasteiger partial charge in [0.05, 0.1) is 11.4 Å². The number of rotatable bonds is 3. The van der Waals surface area contributed by atoms with Crippen molar-refractivity contribution in [3.8, 4) is 11.4 Å². The fourth-order valence-electron chi connectivity index (χ4n) is 1.44. The van der Waals surface area contributed by atoms with Crippen LogP contribution in [0.2, 0.25) is 0 Å². The molecule has 2 aromatic heterocycles. The summed E-state index contributed by atoms with van der Waals surface area (Å²) in [6, 6.07) is 3.62.